The molecule has 0 bridgehead atoms. The third kappa shape index (κ3) is 47.1. The molecule has 0 aromatic carbocycles. The molecule has 0 amide bonds. The van der Waals surface area contributed by atoms with Gasteiger partial charge in [-0.25, -0.2) is 0 Å². The van der Waals surface area contributed by atoms with E-state index in [0.29, 0.717) is 19.3 Å². The van der Waals surface area contributed by atoms with Crippen LogP contribution in [0, 0.1) is 0 Å². The number of carbonyl (C=O) groups is 3. The zero-order chi connectivity index (χ0) is 43.0. The summed E-state index contributed by atoms with van der Waals surface area (Å²) in [4.78, 5) is 37.7. The van der Waals surface area contributed by atoms with Crippen molar-refractivity contribution in [3.8, 4) is 0 Å². The molecule has 0 saturated carbocycles. The van der Waals surface area contributed by atoms with Crippen molar-refractivity contribution in [3.05, 3.63) is 12.2 Å². The van der Waals surface area contributed by atoms with Crippen molar-refractivity contribution in [2.45, 2.75) is 297 Å². The molecule has 6 heteroatoms. The molecule has 0 aromatic heterocycles. The Labute approximate surface area is 367 Å². The maximum absolute atomic E-state index is 12.7. The summed E-state index contributed by atoms with van der Waals surface area (Å²) >= 11 is 0. The van der Waals surface area contributed by atoms with Crippen molar-refractivity contribution in [2.75, 3.05) is 13.2 Å². The molecule has 59 heavy (non-hydrogen) atoms. The van der Waals surface area contributed by atoms with Crippen LogP contribution >= 0.6 is 0 Å². The number of allylic oxidation sites excluding steroid dienone is 2. The molecule has 1 atom stereocenters. The highest BCUT2D eigenvalue weighted by Gasteiger charge is 2.19. The summed E-state index contributed by atoms with van der Waals surface area (Å²) in [5, 5.41) is 0. The Morgan fingerprint density at radius 2 is 0.559 bits per heavy atom. The van der Waals surface area contributed by atoms with Gasteiger partial charge in [0.15, 0.2) is 6.10 Å². The van der Waals surface area contributed by atoms with Crippen molar-refractivity contribution < 1.29 is 28.6 Å². The molecule has 348 valence electrons. The second kappa shape index (κ2) is 48.8. The smallest absolute Gasteiger partial charge is 0.306 e. The lowest BCUT2D eigenvalue weighted by Gasteiger charge is -2.18. The van der Waals surface area contributed by atoms with Crippen LogP contribution in [0.15, 0.2) is 12.2 Å². The van der Waals surface area contributed by atoms with Crippen LogP contribution < -0.4 is 0 Å². The zero-order valence-corrected chi connectivity index (χ0v) is 39.8. The van der Waals surface area contributed by atoms with Gasteiger partial charge >= 0.3 is 17.9 Å². The van der Waals surface area contributed by atoms with Crippen LogP contribution in [-0.2, 0) is 28.6 Å². The third-order valence-electron chi connectivity index (χ3n) is 11.8. The Morgan fingerprint density at radius 3 is 0.847 bits per heavy atom. The molecular weight excluding hydrogens is 733 g/mol. The van der Waals surface area contributed by atoms with E-state index in [2.05, 4.69) is 32.9 Å². The van der Waals surface area contributed by atoms with Crippen molar-refractivity contribution >= 4 is 17.9 Å². The molecule has 1 unspecified atom stereocenters. The summed E-state index contributed by atoms with van der Waals surface area (Å²) in [6, 6.07) is 0. The Kier molecular flexibility index (Phi) is 47.3. The van der Waals surface area contributed by atoms with Crippen LogP contribution in [0.3, 0.4) is 0 Å². The fourth-order valence-electron chi connectivity index (χ4n) is 7.79. The molecule has 0 rings (SSSR count). The zero-order valence-electron chi connectivity index (χ0n) is 39.8. The van der Waals surface area contributed by atoms with Gasteiger partial charge in [0, 0.05) is 19.3 Å². The van der Waals surface area contributed by atoms with Crippen LogP contribution in [-0.4, -0.2) is 37.2 Å². The van der Waals surface area contributed by atoms with E-state index in [1.165, 1.54) is 193 Å². The van der Waals surface area contributed by atoms with Gasteiger partial charge in [-0.05, 0) is 44.9 Å². The van der Waals surface area contributed by atoms with Gasteiger partial charge in [0.25, 0.3) is 0 Å². The SMILES string of the molecule is CCCCCCCC/C=C\CCCCCCCCCCCC(=O)OCC(COC(=O)CCCCCCCC)OC(=O)CCCCCCCCCCCCCCCCCC. The normalized spacial score (nSPS) is 12.0. The topological polar surface area (TPSA) is 78.9 Å². The molecule has 0 spiro atoms. The second-order valence-electron chi connectivity index (χ2n) is 17.8. The molecular formula is C53H100O6. The van der Waals surface area contributed by atoms with Crippen molar-refractivity contribution in [1.29, 1.82) is 0 Å². The van der Waals surface area contributed by atoms with Crippen LogP contribution in [0.4, 0.5) is 0 Å². The minimum absolute atomic E-state index is 0.0667. The highest BCUT2D eigenvalue weighted by Crippen LogP contribution is 2.16. The lowest BCUT2D eigenvalue weighted by atomic mass is 10.0. The van der Waals surface area contributed by atoms with Gasteiger partial charge < -0.3 is 14.2 Å². The predicted octanol–water partition coefficient (Wildman–Crippen LogP) is 17.0. The van der Waals surface area contributed by atoms with Gasteiger partial charge in [0.1, 0.15) is 13.2 Å². The fraction of sp³-hybridized carbons (Fsp3) is 0.906. The minimum Gasteiger partial charge on any atom is -0.462 e. The molecule has 0 saturated heterocycles. The van der Waals surface area contributed by atoms with E-state index in [-0.39, 0.29) is 31.1 Å². The van der Waals surface area contributed by atoms with E-state index in [1.54, 1.807) is 0 Å². The van der Waals surface area contributed by atoms with E-state index >= 15 is 0 Å². The number of unbranched alkanes of at least 4 members (excludes halogenated alkanes) is 35. The Balaban J connectivity index is 4.15. The van der Waals surface area contributed by atoms with Gasteiger partial charge in [-0.1, -0.05) is 238 Å². The quantitative estimate of drug-likeness (QED) is 0.0263. The summed E-state index contributed by atoms with van der Waals surface area (Å²) in [5.74, 6) is -0.862. The molecule has 0 aliphatic carbocycles. The first-order valence-corrected chi connectivity index (χ1v) is 26.2. The van der Waals surface area contributed by atoms with Crippen molar-refractivity contribution in [3.63, 3.8) is 0 Å². The largest absolute Gasteiger partial charge is 0.462 e. The predicted molar refractivity (Wildman–Crippen MR) is 252 cm³/mol. The molecule has 0 fully saturated rings. The second-order valence-corrected chi connectivity index (χ2v) is 17.8. The summed E-state index contributed by atoms with van der Waals surface area (Å²) in [6.07, 6.45) is 53.6. The van der Waals surface area contributed by atoms with Crippen molar-refractivity contribution in [1.82, 2.24) is 0 Å². The van der Waals surface area contributed by atoms with Crippen LogP contribution in [0.2, 0.25) is 0 Å². The summed E-state index contributed by atoms with van der Waals surface area (Å²) in [6.45, 7) is 6.61. The summed E-state index contributed by atoms with van der Waals surface area (Å²) in [7, 11) is 0. The average molecular weight is 833 g/mol. The minimum atomic E-state index is -0.762. The highest BCUT2D eigenvalue weighted by molar-refractivity contribution is 5.71. The monoisotopic (exact) mass is 833 g/mol. The molecule has 0 N–H and O–H groups in total. The molecule has 0 aliphatic rings. The number of rotatable bonds is 48. The fourth-order valence-corrected chi connectivity index (χ4v) is 7.79. The lowest BCUT2D eigenvalue weighted by molar-refractivity contribution is -0.167. The average Bonchev–Trinajstić information content (AvgIpc) is 3.23. The third-order valence-corrected chi connectivity index (χ3v) is 11.8. The number of hydrogen-bond acceptors (Lipinski definition) is 6. The Hall–Kier alpha value is -1.85. The van der Waals surface area contributed by atoms with E-state index in [9.17, 15) is 14.4 Å². The van der Waals surface area contributed by atoms with Crippen LogP contribution in [0.5, 0.6) is 0 Å². The van der Waals surface area contributed by atoms with Gasteiger partial charge in [0.2, 0.25) is 0 Å². The number of ether oxygens (including phenoxy) is 3. The maximum Gasteiger partial charge on any atom is 0.306 e. The van der Waals surface area contributed by atoms with Gasteiger partial charge in [-0.15, -0.1) is 0 Å². The van der Waals surface area contributed by atoms with Crippen molar-refractivity contribution in [2.24, 2.45) is 0 Å². The summed E-state index contributed by atoms with van der Waals surface area (Å²) in [5.41, 5.74) is 0. The molecule has 0 aliphatic heterocycles. The first-order valence-electron chi connectivity index (χ1n) is 26.2. The van der Waals surface area contributed by atoms with Crippen LogP contribution in [0.25, 0.3) is 0 Å². The van der Waals surface area contributed by atoms with Gasteiger partial charge in [-0.3, -0.25) is 14.4 Å². The van der Waals surface area contributed by atoms with Gasteiger partial charge in [0.05, 0.1) is 0 Å². The molecule has 0 radical (unpaired) electrons. The first-order chi connectivity index (χ1) is 29.0. The Morgan fingerprint density at radius 1 is 0.322 bits per heavy atom. The van der Waals surface area contributed by atoms with Gasteiger partial charge in [-0.2, -0.15) is 0 Å². The summed E-state index contributed by atoms with van der Waals surface area (Å²) < 4.78 is 16.7. The lowest BCUT2D eigenvalue weighted by Crippen LogP contribution is -2.30. The number of carbonyl (C=O) groups excluding carboxylic acids is 3. The Bertz CT molecular complexity index is 916. The number of hydrogen-bond donors (Lipinski definition) is 0. The van der Waals surface area contributed by atoms with E-state index in [0.717, 1.165) is 57.8 Å². The first kappa shape index (κ1) is 57.1. The molecule has 0 aromatic rings. The number of esters is 3. The van der Waals surface area contributed by atoms with E-state index in [4.69, 9.17) is 14.2 Å². The van der Waals surface area contributed by atoms with Crippen LogP contribution in [0.1, 0.15) is 290 Å². The highest BCUT2D eigenvalue weighted by atomic mass is 16.6. The van der Waals surface area contributed by atoms with E-state index < -0.39 is 6.10 Å². The maximum atomic E-state index is 12.7. The van der Waals surface area contributed by atoms with E-state index in [1.807, 2.05) is 0 Å². The molecule has 6 nitrogen and oxygen atoms in total. The molecule has 0 heterocycles. The standard InChI is InChI=1S/C53H100O6/c1-4-7-10-13-16-18-20-22-24-26-27-28-30-31-33-35-37-40-43-46-52(55)58-49-50(48-57-51(54)45-42-39-15-12-9-6-3)59-53(56)47-44-41-38-36-34-32-29-25-23-21-19-17-14-11-8-5-2/h22,24,50H,4-21,23,25-49H2,1-3H3/b24-22-.